The van der Waals surface area contributed by atoms with Crippen LogP contribution in [-0.4, -0.2) is 6.26 Å². The Morgan fingerprint density at radius 3 is 2.07 bits per heavy atom. The number of rotatable bonds is 2. The zero-order valence-electron chi connectivity index (χ0n) is 9.37. The number of hydrogen-bond donors (Lipinski definition) is 0. The van der Waals surface area contributed by atoms with Crippen LogP contribution in [0.15, 0.2) is 29.7 Å². The van der Waals surface area contributed by atoms with Crippen molar-refractivity contribution in [2.75, 3.05) is 6.26 Å². The van der Waals surface area contributed by atoms with E-state index in [1.165, 1.54) is 11.1 Å². The Hall–Kier alpha value is -0.690. The molecule has 1 aromatic carbocycles. The van der Waals surface area contributed by atoms with Gasteiger partial charge in [-0.3, -0.25) is 0 Å². The third-order valence-electron chi connectivity index (χ3n) is 2.17. The number of hydrogen-bond acceptors (Lipinski definition) is 1. The van der Waals surface area contributed by atoms with E-state index in [-0.39, 0.29) is 5.41 Å². The zero-order chi connectivity index (χ0) is 10.6. The van der Waals surface area contributed by atoms with E-state index < -0.39 is 0 Å². The second-order valence-electron chi connectivity index (χ2n) is 4.41. The van der Waals surface area contributed by atoms with Gasteiger partial charge in [0.15, 0.2) is 0 Å². The molecule has 1 heteroatoms. The lowest BCUT2D eigenvalue weighted by Crippen LogP contribution is -2.10. The van der Waals surface area contributed by atoms with Crippen molar-refractivity contribution in [2.24, 2.45) is 0 Å². The summed E-state index contributed by atoms with van der Waals surface area (Å²) in [5, 5.41) is 2.10. The molecule has 0 bridgehead atoms. The molecule has 0 amide bonds. The summed E-state index contributed by atoms with van der Waals surface area (Å²) in [6, 6.07) is 8.76. The molecule has 0 atom stereocenters. The SMILES string of the molecule is CSC=Cc1ccc(C(C)(C)C)cc1. The van der Waals surface area contributed by atoms with Gasteiger partial charge in [-0.1, -0.05) is 45.0 Å². The van der Waals surface area contributed by atoms with E-state index >= 15 is 0 Å². The minimum absolute atomic E-state index is 0.252. The summed E-state index contributed by atoms with van der Waals surface area (Å²) in [6.07, 6.45) is 4.21. The summed E-state index contributed by atoms with van der Waals surface area (Å²) in [4.78, 5) is 0. The monoisotopic (exact) mass is 206 g/mol. The minimum Gasteiger partial charge on any atom is -0.138 e. The molecular weight excluding hydrogens is 188 g/mol. The first kappa shape index (κ1) is 11.4. The van der Waals surface area contributed by atoms with Crippen molar-refractivity contribution >= 4 is 17.8 Å². The Kier molecular flexibility index (Phi) is 3.82. The van der Waals surface area contributed by atoms with E-state index in [2.05, 4.69) is 62.8 Å². The molecule has 0 saturated heterocycles. The molecule has 0 spiro atoms. The van der Waals surface area contributed by atoms with Gasteiger partial charge in [-0.15, -0.1) is 11.8 Å². The van der Waals surface area contributed by atoms with Gasteiger partial charge in [-0.05, 0) is 34.3 Å². The van der Waals surface area contributed by atoms with Gasteiger partial charge in [0.2, 0.25) is 0 Å². The first-order valence-corrected chi connectivity index (χ1v) is 6.13. The summed E-state index contributed by atoms with van der Waals surface area (Å²) >= 11 is 1.73. The maximum absolute atomic E-state index is 2.24. The van der Waals surface area contributed by atoms with Gasteiger partial charge in [-0.25, -0.2) is 0 Å². The Labute approximate surface area is 91.4 Å². The molecule has 0 saturated carbocycles. The van der Waals surface area contributed by atoms with E-state index in [0.717, 1.165) is 0 Å². The molecule has 0 aliphatic rings. The fraction of sp³-hybridized carbons (Fsp3) is 0.385. The van der Waals surface area contributed by atoms with Gasteiger partial charge in [0.1, 0.15) is 0 Å². The standard InChI is InChI=1S/C13H18S/c1-13(2,3)12-7-5-11(6-8-12)9-10-14-4/h5-10H,1-4H3. The average Bonchev–Trinajstić information content (AvgIpc) is 2.14. The van der Waals surface area contributed by atoms with Crippen LogP contribution in [0.5, 0.6) is 0 Å². The molecule has 0 aliphatic heterocycles. The minimum atomic E-state index is 0.252. The molecule has 1 aromatic rings. The molecule has 0 nitrogen and oxygen atoms in total. The van der Waals surface area contributed by atoms with E-state index in [1.807, 2.05) is 0 Å². The molecule has 0 fully saturated rings. The number of thioether (sulfide) groups is 1. The highest BCUT2D eigenvalue weighted by molar-refractivity contribution is 8.01. The zero-order valence-corrected chi connectivity index (χ0v) is 10.2. The molecule has 0 aromatic heterocycles. The maximum Gasteiger partial charge on any atom is -0.0132 e. The highest BCUT2D eigenvalue weighted by Crippen LogP contribution is 2.22. The van der Waals surface area contributed by atoms with Crippen molar-refractivity contribution < 1.29 is 0 Å². The Morgan fingerprint density at radius 2 is 1.64 bits per heavy atom. The predicted molar refractivity (Wildman–Crippen MR) is 67.7 cm³/mol. The first-order chi connectivity index (χ1) is 6.54. The topological polar surface area (TPSA) is 0 Å². The van der Waals surface area contributed by atoms with Gasteiger partial charge < -0.3 is 0 Å². The van der Waals surface area contributed by atoms with E-state index in [4.69, 9.17) is 0 Å². The summed E-state index contributed by atoms with van der Waals surface area (Å²) < 4.78 is 0. The van der Waals surface area contributed by atoms with Gasteiger partial charge in [0, 0.05) is 0 Å². The van der Waals surface area contributed by atoms with Crippen LogP contribution in [0.1, 0.15) is 31.9 Å². The lowest BCUT2D eigenvalue weighted by Gasteiger charge is -2.18. The second kappa shape index (κ2) is 4.70. The quantitative estimate of drug-likeness (QED) is 0.694. The van der Waals surface area contributed by atoms with Gasteiger partial charge >= 0.3 is 0 Å². The van der Waals surface area contributed by atoms with Gasteiger partial charge in [0.05, 0.1) is 0 Å². The molecule has 0 heterocycles. The summed E-state index contributed by atoms with van der Waals surface area (Å²) in [5.74, 6) is 0. The van der Waals surface area contributed by atoms with Crippen molar-refractivity contribution in [1.82, 2.24) is 0 Å². The normalized spacial score (nSPS) is 12.3. The molecule has 76 valence electrons. The van der Waals surface area contributed by atoms with Crippen LogP contribution >= 0.6 is 11.8 Å². The Bertz CT molecular complexity index is 301. The lowest BCUT2D eigenvalue weighted by molar-refractivity contribution is 0.590. The van der Waals surface area contributed by atoms with Crippen molar-refractivity contribution in [2.45, 2.75) is 26.2 Å². The molecule has 0 radical (unpaired) electrons. The third-order valence-corrected chi connectivity index (χ3v) is 2.58. The molecule has 0 unspecified atom stereocenters. The Morgan fingerprint density at radius 1 is 1.07 bits per heavy atom. The summed E-state index contributed by atoms with van der Waals surface area (Å²) in [7, 11) is 0. The second-order valence-corrected chi connectivity index (χ2v) is 5.15. The van der Waals surface area contributed by atoms with Crippen LogP contribution in [0.25, 0.3) is 6.08 Å². The van der Waals surface area contributed by atoms with Crippen molar-refractivity contribution in [3.63, 3.8) is 0 Å². The van der Waals surface area contributed by atoms with Crippen LogP contribution in [-0.2, 0) is 5.41 Å². The van der Waals surface area contributed by atoms with Gasteiger partial charge in [0.25, 0.3) is 0 Å². The summed E-state index contributed by atoms with van der Waals surface area (Å²) in [5.41, 5.74) is 2.91. The van der Waals surface area contributed by atoms with Crippen LogP contribution in [0.3, 0.4) is 0 Å². The third kappa shape index (κ3) is 3.22. The molecule has 14 heavy (non-hydrogen) atoms. The van der Waals surface area contributed by atoms with Crippen LogP contribution in [0, 0.1) is 0 Å². The van der Waals surface area contributed by atoms with Crippen molar-refractivity contribution in [3.05, 3.63) is 40.8 Å². The molecular formula is C13H18S. The fourth-order valence-corrected chi connectivity index (χ4v) is 1.53. The average molecular weight is 206 g/mol. The predicted octanol–water partition coefficient (Wildman–Crippen LogP) is 4.32. The van der Waals surface area contributed by atoms with Crippen LogP contribution in [0.4, 0.5) is 0 Å². The highest BCUT2D eigenvalue weighted by atomic mass is 32.2. The molecule has 0 aliphatic carbocycles. The van der Waals surface area contributed by atoms with E-state index in [1.54, 1.807) is 11.8 Å². The van der Waals surface area contributed by atoms with Crippen LogP contribution in [0.2, 0.25) is 0 Å². The molecule has 1 rings (SSSR count). The van der Waals surface area contributed by atoms with Crippen LogP contribution < -0.4 is 0 Å². The Balaban J connectivity index is 2.84. The number of benzene rings is 1. The maximum atomic E-state index is 2.24. The first-order valence-electron chi connectivity index (χ1n) is 4.84. The summed E-state index contributed by atoms with van der Waals surface area (Å²) in [6.45, 7) is 6.71. The largest absolute Gasteiger partial charge is 0.138 e. The van der Waals surface area contributed by atoms with E-state index in [9.17, 15) is 0 Å². The highest BCUT2D eigenvalue weighted by Gasteiger charge is 2.12. The van der Waals surface area contributed by atoms with E-state index in [0.29, 0.717) is 0 Å². The molecule has 0 N–H and O–H groups in total. The van der Waals surface area contributed by atoms with Crippen molar-refractivity contribution in [1.29, 1.82) is 0 Å². The van der Waals surface area contributed by atoms with Gasteiger partial charge in [-0.2, -0.15) is 0 Å². The lowest BCUT2D eigenvalue weighted by atomic mass is 9.87. The smallest absolute Gasteiger partial charge is 0.0132 e. The fourth-order valence-electron chi connectivity index (χ4n) is 1.24. The van der Waals surface area contributed by atoms with Crippen molar-refractivity contribution in [3.8, 4) is 0 Å².